The lowest BCUT2D eigenvalue weighted by Gasteiger charge is -2.14. The number of aryl methyl sites for hydroxylation is 1. The van der Waals surface area contributed by atoms with Crippen LogP contribution >= 0.6 is 0 Å². The zero-order valence-electron chi connectivity index (χ0n) is 12.0. The summed E-state index contributed by atoms with van der Waals surface area (Å²) in [6.07, 6.45) is 6.32. The molecule has 2 N–H and O–H groups in total. The number of ether oxygens (including phenoxy) is 1. The van der Waals surface area contributed by atoms with E-state index in [1.54, 1.807) is 0 Å². The van der Waals surface area contributed by atoms with E-state index in [9.17, 15) is 0 Å². The molecule has 0 aliphatic rings. The zero-order valence-corrected chi connectivity index (χ0v) is 12.0. The third-order valence-corrected chi connectivity index (χ3v) is 3.16. The average Bonchev–Trinajstić information content (AvgIpc) is 2.35. The Labute approximate surface area is 112 Å². The van der Waals surface area contributed by atoms with Crippen LogP contribution in [0.5, 0.6) is 5.75 Å². The highest BCUT2D eigenvalue weighted by Crippen LogP contribution is 2.25. The first-order valence-electron chi connectivity index (χ1n) is 7.14. The summed E-state index contributed by atoms with van der Waals surface area (Å²) >= 11 is 0. The first-order valence-corrected chi connectivity index (χ1v) is 7.14. The van der Waals surface area contributed by atoms with Crippen LogP contribution in [0, 0.1) is 6.92 Å². The van der Waals surface area contributed by atoms with Crippen molar-refractivity contribution >= 4 is 0 Å². The minimum Gasteiger partial charge on any atom is -0.493 e. The maximum atomic E-state index is 5.97. The topological polar surface area (TPSA) is 35.2 Å². The van der Waals surface area contributed by atoms with Gasteiger partial charge < -0.3 is 10.5 Å². The van der Waals surface area contributed by atoms with Crippen molar-refractivity contribution in [3.63, 3.8) is 0 Å². The van der Waals surface area contributed by atoms with Crippen molar-refractivity contribution in [2.24, 2.45) is 5.73 Å². The molecule has 2 heteroatoms. The van der Waals surface area contributed by atoms with Crippen LogP contribution in [0.2, 0.25) is 0 Å². The van der Waals surface area contributed by atoms with Gasteiger partial charge in [-0.15, -0.1) is 0 Å². The van der Waals surface area contributed by atoms with E-state index >= 15 is 0 Å². The largest absolute Gasteiger partial charge is 0.493 e. The van der Waals surface area contributed by atoms with E-state index in [-0.39, 0.29) is 6.04 Å². The molecule has 0 saturated heterocycles. The van der Waals surface area contributed by atoms with Crippen LogP contribution in [0.25, 0.3) is 0 Å². The van der Waals surface area contributed by atoms with Gasteiger partial charge in [0, 0.05) is 11.6 Å². The molecule has 1 aromatic rings. The molecule has 0 unspecified atom stereocenters. The molecule has 1 aromatic carbocycles. The minimum atomic E-state index is 0.0278. The Morgan fingerprint density at radius 1 is 1.17 bits per heavy atom. The summed E-state index contributed by atoms with van der Waals surface area (Å²) in [4.78, 5) is 0. The Hall–Kier alpha value is -1.02. The number of hydrogen-bond acceptors (Lipinski definition) is 2. The molecule has 0 aliphatic heterocycles. The van der Waals surface area contributed by atoms with Gasteiger partial charge in [-0.1, -0.05) is 50.3 Å². The Morgan fingerprint density at radius 3 is 2.56 bits per heavy atom. The van der Waals surface area contributed by atoms with Crippen molar-refractivity contribution in [1.82, 2.24) is 0 Å². The molecule has 18 heavy (non-hydrogen) atoms. The van der Waals surface area contributed by atoms with Gasteiger partial charge in [-0.2, -0.15) is 0 Å². The van der Waals surface area contributed by atoms with Crippen molar-refractivity contribution in [2.45, 2.75) is 58.9 Å². The van der Waals surface area contributed by atoms with Crippen LogP contribution in [0.15, 0.2) is 18.2 Å². The van der Waals surface area contributed by atoms with E-state index < -0.39 is 0 Å². The lowest BCUT2D eigenvalue weighted by Crippen LogP contribution is -2.09. The number of benzene rings is 1. The fraction of sp³-hybridized carbons (Fsp3) is 0.625. The second-order valence-electron chi connectivity index (χ2n) is 5.09. The predicted molar refractivity (Wildman–Crippen MR) is 78.0 cm³/mol. The first-order chi connectivity index (χ1) is 8.65. The summed E-state index contributed by atoms with van der Waals surface area (Å²) in [5.74, 6) is 0.950. The standard InChI is InChI=1S/C16H27NO/c1-4-5-6-7-8-11-18-16-10-9-13(2)12-15(16)14(3)17/h9-10,12,14H,4-8,11,17H2,1-3H3/t14-/m1/s1. The van der Waals surface area contributed by atoms with Crippen molar-refractivity contribution in [3.05, 3.63) is 29.3 Å². The summed E-state index contributed by atoms with van der Waals surface area (Å²) in [7, 11) is 0. The summed E-state index contributed by atoms with van der Waals surface area (Å²) in [6, 6.07) is 6.27. The highest BCUT2D eigenvalue weighted by molar-refractivity contribution is 5.38. The fourth-order valence-electron chi connectivity index (χ4n) is 2.04. The van der Waals surface area contributed by atoms with E-state index in [0.717, 1.165) is 24.3 Å². The van der Waals surface area contributed by atoms with E-state index in [0.29, 0.717) is 0 Å². The number of unbranched alkanes of at least 4 members (excludes halogenated alkanes) is 4. The van der Waals surface area contributed by atoms with Crippen LogP contribution in [-0.2, 0) is 0 Å². The van der Waals surface area contributed by atoms with Gasteiger partial charge in [0.2, 0.25) is 0 Å². The Bertz CT molecular complexity index is 347. The van der Waals surface area contributed by atoms with Gasteiger partial charge in [0.15, 0.2) is 0 Å². The van der Waals surface area contributed by atoms with Gasteiger partial charge in [-0.3, -0.25) is 0 Å². The maximum absolute atomic E-state index is 5.97. The molecule has 0 radical (unpaired) electrons. The van der Waals surface area contributed by atoms with Crippen molar-refractivity contribution in [2.75, 3.05) is 6.61 Å². The monoisotopic (exact) mass is 249 g/mol. The molecular formula is C16H27NO. The van der Waals surface area contributed by atoms with Crippen molar-refractivity contribution in [3.8, 4) is 5.75 Å². The summed E-state index contributed by atoms with van der Waals surface area (Å²) in [5.41, 5.74) is 8.32. The highest BCUT2D eigenvalue weighted by Gasteiger charge is 2.08. The Morgan fingerprint density at radius 2 is 1.89 bits per heavy atom. The quantitative estimate of drug-likeness (QED) is 0.695. The third kappa shape index (κ3) is 5.09. The minimum absolute atomic E-state index is 0.0278. The molecule has 1 rings (SSSR count). The Kier molecular flexibility index (Phi) is 6.81. The maximum Gasteiger partial charge on any atom is 0.124 e. The molecule has 1 atom stereocenters. The molecule has 0 bridgehead atoms. The predicted octanol–water partition coefficient (Wildman–Crippen LogP) is 4.36. The molecule has 0 amide bonds. The molecule has 0 fully saturated rings. The molecule has 0 spiro atoms. The normalized spacial score (nSPS) is 12.4. The lowest BCUT2D eigenvalue weighted by atomic mass is 10.1. The van der Waals surface area contributed by atoms with Gasteiger partial charge in [-0.25, -0.2) is 0 Å². The molecule has 2 nitrogen and oxygen atoms in total. The van der Waals surface area contributed by atoms with Gasteiger partial charge >= 0.3 is 0 Å². The first kappa shape index (κ1) is 15.0. The average molecular weight is 249 g/mol. The van der Waals surface area contributed by atoms with Gasteiger partial charge in [0.05, 0.1) is 6.61 Å². The second-order valence-corrected chi connectivity index (χ2v) is 5.09. The van der Waals surface area contributed by atoms with Crippen LogP contribution in [-0.4, -0.2) is 6.61 Å². The lowest BCUT2D eigenvalue weighted by molar-refractivity contribution is 0.300. The van der Waals surface area contributed by atoms with Crippen LogP contribution in [0.4, 0.5) is 0 Å². The van der Waals surface area contributed by atoms with Crippen molar-refractivity contribution in [1.29, 1.82) is 0 Å². The third-order valence-electron chi connectivity index (χ3n) is 3.16. The molecule has 0 aromatic heterocycles. The molecule has 0 aliphatic carbocycles. The Balaban J connectivity index is 2.42. The zero-order chi connectivity index (χ0) is 13.4. The summed E-state index contributed by atoms with van der Waals surface area (Å²) in [6.45, 7) is 7.12. The van der Waals surface area contributed by atoms with Crippen LogP contribution in [0.3, 0.4) is 0 Å². The smallest absolute Gasteiger partial charge is 0.124 e. The highest BCUT2D eigenvalue weighted by atomic mass is 16.5. The van der Waals surface area contributed by atoms with Gasteiger partial charge in [-0.05, 0) is 26.3 Å². The number of hydrogen-bond donors (Lipinski definition) is 1. The van der Waals surface area contributed by atoms with Crippen LogP contribution in [0.1, 0.15) is 63.1 Å². The van der Waals surface area contributed by atoms with E-state index in [2.05, 4.69) is 26.0 Å². The summed E-state index contributed by atoms with van der Waals surface area (Å²) < 4.78 is 5.85. The van der Waals surface area contributed by atoms with Gasteiger partial charge in [0.25, 0.3) is 0 Å². The summed E-state index contributed by atoms with van der Waals surface area (Å²) in [5, 5.41) is 0. The van der Waals surface area contributed by atoms with Crippen molar-refractivity contribution < 1.29 is 4.74 Å². The second kappa shape index (κ2) is 8.15. The van der Waals surface area contributed by atoms with E-state index in [4.69, 9.17) is 10.5 Å². The SMILES string of the molecule is CCCCCCCOc1ccc(C)cc1[C@@H](C)N. The van der Waals surface area contributed by atoms with E-state index in [1.807, 2.05) is 13.0 Å². The molecule has 0 saturated carbocycles. The molecule has 102 valence electrons. The van der Waals surface area contributed by atoms with Gasteiger partial charge in [0.1, 0.15) is 5.75 Å². The number of rotatable bonds is 8. The van der Waals surface area contributed by atoms with E-state index in [1.165, 1.54) is 31.2 Å². The molecular weight excluding hydrogens is 222 g/mol. The molecule has 0 heterocycles. The fourth-order valence-corrected chi connectivity index (χ4v) is 2.04. The van der Waals surface area contributed by atoms with Crippen LogP contribution < -0.4 is 10.5 Å². The number of nitrogens with two attached hydrogens (primary N) is 1.